The molecule has 0 bridgehead atoms. The first kappa shape index (κ1) is 17.8. The fraction of sp³-hybridized carbons (Fsp3) is 0.353. The predicted octanol–water partition coefficient (Wildman–Crippen LogP) is 3.91. The van der Waals surface area contributed by atoms with Gasteiger partial charge in [0.2, 0.25) is 0 Å². The van der Waals surface area contributed by atoms with Gasteiger partial charge in [0.25, 0.3) is 0 Å². The Bertz CT molecular complexity index is 728. The lowest BCUT2D eigenvalue weighted by atomic mass is 10.1. The molecule has 1 heterocycles. The van der Waals surface area contributed by atoms with Crippen molar-refractivity contribution in [1.82, 2.24) is 9.88 Å². The number of nitrogens with zero attached hydrogens (tertiary/aromatic N) is 1. The van der Waals surface area contributed by atoms with Gasteiger partial charge in [-0.25, -0.2) is 13.6 Å². The SMILES string of the molecule is CN(Cc1cc(F)c(-c2cc(N)c[nH]2)c(F)c1)C(=O)OC(C)(C)C. The van der Waals surface area contributed by atoms with Crippen LogP contribution in [-0.4, -0.2) is 28.6 Å². The number of nitrogens with one attached hydrogen (secondary N) is 1. The summed E-state index contributed by atoms with van der Waals surface area (Å²) in [6.07, 6.45) is 0.892. The van der Waals surface area contributed by atoms with E-state index in [9.17, 15) is 13.6 Å². The summed E-state index contributed by atoms with van der Waals surface area (Å²) in [7, 11) is 1.50. The Morgan fingerprint density at radius 2 is 1.83 bits per heavy atom. The quantitative estimate of drug-likeness (QED) is 0.892. The van der Waals surface area contributed by atoms with Gasteiger partial charge in [0, 0.05) is 25.5 Å². The highest BCUT2D eigenvalue weighted by molar-refractivity contribution is 5.68. The van der Waals surface area contributed by atoms with Crippen LogP contribution in [0.1, 0.15) is 26.3 Å². The molecule has 1 amide bonds. The van der Waals surface area contributed by atoms with Gasteiger partial charge in [0.1, 0.15) is 17.2 Å². The summed E-state index contributed by atoms with van der Waals surface area (Å²) in [6.45, 7) is 5.26. The summed E-state index contributed by atoms with van der Waals surface area (Å²) in [5, 5.41) is 0. The van der Waals surface area contributed by atoms with Crippen molar-refractivity contribution in [3.63, 3.8) is 0 Å². The van der Waals surface area contributed by atoms with Crippen LogP contribution in [0.4, 0.5) is 19.3 Å². The van der Waals surface area contributed by atoms with E-state index < -0.39 is 23.3 Å². The number of carbonyl (C=O) groups is 1. The van der Waals surface area contributed by atoms with E-state index in [0.29, 0.717) is 11.3 Å². The third kappa shape index (κ3) is 4.24. The summed E-state index contributed by atoms with van der Waals surface area (Å²) >= 11 is 0. The van der Waals surface area contributed by atoms with Gasteiger partial charge in [0.05, 0.1) is 11.3 Å². The van der Waals surface area contributed by atoms with E-state index >= 15 is 0 Å². The molecular weight excluding hydrogens is 316 g/mol. The van der Waals surface area contributed by atoms with E-state index in [1.165, 1.54) is 36.3 Å². The number of rotatable bonds is 3. The third-order valence-corrected chi connectivity index (χ3v) is 3.20. The van der Waals surface area contributed by atoms with Crippen molar-refractivity contribution in [3.05, 3.63) is 41.6 Å². The lowest BCUT2D eigenvalue weighted by Crippen LogP contribution is -2.33. The molecule has 0 atom stereocenters. The van der Waals surface area contributed by atoms with Crippen molar-refractivity contribution >= 4 is 11.8 Å². The Balaban J connectivity index is 2.20. The number of ether oxygens (including phenoxy) is 1. The highest BCUT2D eigenvalue weighted by Crippen LogP contribution is 2.28. The number of hydrogen-bond acceptors (Lipinski definition) is 3. The number of nitrogens with two attached hydrogens (primary N) is 1. The Kier molecular flexibility index (Phi) is 4.82. The second kappa shape index (κ2) is 6.51. The Morgan fingerprint density at radius 3 is 2.29 bits per heavy atom. The van der Waals surface area contributed by atoms with Gasteiger partial charge in [-0.15, -0.1) is 0 Å². The topological polar surface area (TPSA) is 71.3 Å². The largest absolute Gasteiger partial charge is 0.444 e. The number of anilines is 1. The monoisotopic (exact) mass is 337 g/mol. The molecule has 0 aliphatic heterocycles. The second-order valence-corrected chi connectivity index (χ2v) is 6.62. The molecule has 0 aliphatic carbocycles. The van der Waals surface area contributed by atoms with E-state index in [-0.39, 0.29) is 17.8 Å². The minimum atomic E-state index is -0.732. The Morgan fingerprint density at radius 1 is 1.25 bits per heavy atom. The lowest BCUT2D eigenvalue weighted by molar-refractivity contribution is 0.0284. The van der Waals surface area contributed by atoms with Crippen LogP contribution in [0.15, 0.2) is 24.4 Å². The van der Waals surface area contributed by atoms with E-state index in [2.05, 4.69) is 4.98 Å². The first-order chi connectivity index (χ1) is 11.1. The maximum atomic E-state index is 14.3. The normalized spacial score (nSPS) is 11.4. The van der Waals surface area contributed by atoms with Gasteiger partial charge in [0.15, 0.2) is 0 Å². The fourth-order valence-corrected chi connectivity index (χ4v) is 2.21. The van der Waals surface area contributed by atoms with Gasteiger partial charge in [-0.05, 0) is 44.5 Å². The van der Waals surface area contributed by atoms with E-state index in [1.807, 2.05) is 0 Å². The first-order valence-corrected chi connectivity index (χ1v) is 7.43. The average molecular weight is 337 g/mol. The summed E-state index contributed by atoms with van der Waals surface area (Å²) in [5.74, 6) is -1.46. The number of amides is 1. The Labute approximate surface area is 139 Å². The van der Waals surface area contributed by atoms with Crippen LogP contribution in [0, 0.1) is 11.6 Å². The van der Waals surface area contributed by atoms with Gasteiger partial charge in [-0.2, -0.15) is 0 Å². The van der Waals surface area contributed by atoms with E-state index in [0.717, 1.165) is 0 Å². The smallest absolute Gasteiger partial charge is 0.410 e. The van der Waals surface area contributed by atoms with Crippen molar-refractivity contribution in [3.8, 4) is 11.3 Å². The molecule has 0 spiro atoms. The number of nitrogen functional groups attached to an aromatic ring is 1. The molecule has 1 aromatic heterocycles. The van der Waals surface area contributed by atoms with Crippen molar-refractivity contribution < 1.29 is 18.3 Å². The molecule has 24 heavy (non-hydrogen) atoms. The first-order valence-electron chi connectivity index (χ1n) is 7.43. The minimum absolute atomic E-state index is 0.0237. The van der Waals surface area contributed by atoms with Gasteiger partial charge < -0.3 is 20.4 Å². The van der Waals surface area contributed by atoms with Gasteiger partial charge in [-0.3, -0.25) is 0 Å². The minimum Gasteiger partial charge on any atom is -0.444 e. The maximum absolute atomic E-state index is 14.3. The highest BCUT2D eigenvalue weighted by atomic mass is 19.1. The molecule has 2 aromatic rings. The molecule has 0 unspecified atom stereocenters. The van der Waals surface area contributed by atoms with Crippen LogP contribution in [-0.2, 0) is 11.3 Å². The lowest BCUT2D eigenvalue weighted by Gasteiger charge is -2.24. The molecule has 0 saturated carbocycles. The zero-order valence-corrected chi connectivity index (χ0v) is 14.1. The van der Waals surface area contributed by atoms with Crippen LogP contribution in [0.25, 0.3) is 11.3 Å². The molecule has 2 rings (SSSR count). The average Bonchev–Trinajstić information content (AvgIpc) is 2.82. The zero-order chi connectivity index (χ0) is 18.1. The summed E-state index contributed by atoms with van der Waals surface area (Å²) in [6, 6.07) is 3.83. The molecule has 0 radical (unpaired) electrons. The number of H-pyrrole nitrogens is 1. The summed E-state index contributed by atoms with van der Waals surface area (Å²) < 4.78 is 33.8. The van der Waals surface area contributed by atoms with Crippen LogP contribution >= 0.6 is 0 Å². The molecule has 1 aromatic carbocycles. The van der Waals surface area contributed by atoms with Gasteiger partial charge >= 0.3 is 6.09 Å². The number of carbonyl (C=O) groups excluding carboxylic acids is 1. The van der Waals surface area contributed by atoms with E-state index in [4.69, 9.17) is 10.5 Å². The molecular formula is C17H21F2N3O2. The molecule has 0 aliphatic rings. The molecule has 0 saturated heterocycles. The fourth-order valence-electron chi connectivity index (χ4n) is 2.21. The molecule has 0 fully saturated rings. The number of halogens is 2. The Hall–Kier alpha value is -2.57. The van der Waals surface area contributed by atoms with Crippen molar-refractivity contribution in [2.75, 3.05) is 12.8 Å². The third-order valence-electron chi connectivity index (χ3n) is 3.20. The van der Waals surface area contributed by atoms with Crippen LogP contribution < -0.4 is 5.73 Å². The van der Waals surface area contributed by atoms with Crippen molar-refractivity contribution in [1.29, 1.82) is 0 Å². The molecule has 130 valence electrons. The van der Waals surface area contributed by atoms with E-state index in [1.54, 1.807) is 20.8 Å². The van der Waals surface area contributed by atoms with Crippen molar-refractivity contribution in [2.45, 2.75) is 32.9 Å². The van der Waals surface area contributed by atoms with Crippen LogP contribution in [0.2, 0.25) is 0 Å². The number of benzene rings is 1. The van der Waals surface area contributed by atoms with Gasteiger partial charge in [-0.1, -0.05) is 0 Å². The molecule has 7 heteroatoms. The van der Waals surface area contributed by atoms with Crippen LogP contribution in [0.5, 0.6) is 0 Å². The second-order valence-electron chi connectivity index (χ2n) is 6.62. The van der Waals surface area contributed by atoms with Crippen LogP contribution in [0.3, 0.4) is 0 Å². The zero-order valence-electron chi connectivity index (χ0n) is 14.1. The number of aromatic nitrogens is 1. The maximum Gasteiger partial charge on any atom is 0.410 e. The number of aromatic amines is 1. The summed E-state index contributed by atoms with van der Waals surface area (Å²) in [4.78, 5) is 15.9. The molecule has 3 N–H and O–H groups in total. The standard InChI is InChI=1S/C17H21F2N3O2/c1-17(2,3)24-16(23)22(4)9-10-5-12(18)15(13(19)6-10)14-7-11(20)8-21-14/h5-8,21H,9,20H2,1-4H3. The van der Waals surface area contributed by atoms with Crippen molar-refractivity contribution in [2.24, 2.45) is 0 Å². The predicted molar refractivity (Wildman–Crippen MR) is 88.3 cm³/mol. The molecule has 5 nitrogen and oxygen atoms in total. The number of hydrogen-bond donors (Lipinski definition) is 2. The highest BCUT2D eigenvalue weighted by Gasteiger charge is 2.21. The summed E-state index contributed by atoms with van der Waals surface area (Å²) in [5.41, 5.74) is 5.70.